The zero-order valence-electron chi connectivity index (χ0n) is 13.4. The predicted molar refractivity (Wildman–Crippen MR) is 100.0 cm³/mol. The van der Waals surface area contributed by atoms with E-state index in [1.54, 1.807) is 36.4 Å². The third-order valence-electron chi connectivity index (χ3n) is 3.53. The number of ether oxygens (including phenoxy) is 1. The summed E-state index contributed by atoms with van der Waals surface area (Å²) in [5.41, 5.74) is 1.41. The molecule has 0 aliphatic heterocycles. The molecule has 0 unspecified atom stereocenters. The Morgan fingerprint density at radius 2 is 1.64 bits per heavy atom. The Bertz CT molecular complexity index is 986. The first kappa shape index (κ1) is 17.3. The van der Waals surface area contributed by atoms with Crippen LogP contribution in [-0.2, 0) is 10.0 Å². The summed E-state index contributed by atoms with van der Waals surface area (Å²) in [6.07, 6.45) is 0. The van der Waals surface area contributed by atoms with Gasteiger partial charge in [0.1, 0.15) is 11.5 Å². The van der Waals surface area contributed by atoms with Crippen molar-refractivity contribution < 1.29 is 13.2 Å². The van der Waals surface area contributed by atoms with E-state index in [1.807, 2.05) is 31.2 Å². The van der Waals surface area contributed by atoms with Gasteiger partial charge in [0.2, 0.25) is 0 Å². The molecule has 4 nitrogen and oxygen atoms in total. The number of anilines is 1. The molecule has 0 fully saturated rings. The van der Waals surface area contributed by atoms with E-state index in [1.165, 1.54) is 12.1 Å². The lowest BCUT2D eigenvalue weighted by molar-refractivity contribution is 0.478. The summed E-state index contributed by atoms with van der Waals surface area (Å²) in [4.78, 5) is 0.143. The van der Waals surface area contributed by atoms with Crippen LogP contribution < -0.4 is 9.46 Å². The van der Waals surface area contributed by atoms with E-state index in [4.69, 9.17) is 16.3 Å². The first-order valence-electron chi connectivity index (χ1n) is 7.56. The third-order valence-corrected chi connectivity index (χ3v) is 5.16. The van der Waals surface area contributed by atoms with Gasteiger partial charge in [0.25, 0.3) is 10.0 Å². The summed E-state index contributed by atoms with van der Waals surface area (Å²) in [6, 6.07) is 20.4. The molecule has 0 spiro atoms. The molecule has 0 atom stereocenters. The number of aryl methyl sites for hydroxylation is 1. The Morgan fingerprint density at radius 3 is 2.32 bits per heavy atom. The highest BCUT2D eigenvalue weighted by Gasteiger charge is 2.14. The molecule has 0 saturated carbocycles. The maximum atomic E-state index is 12.4. The summed E-state index contributed by atoms with van der Waals surface area (Å²) in [6.45, 7) is 1.95. The van der Waals surface area contributed by atoms with Crippen LogP contribution in [0.4, 0.5) is 5.69 Å². The molecule has 0 amide bonds. The van der Waals surface area contributed by atoms with E-state index >= 15 is 0 Å². The van der Waals surface area contributed by atoms with Gasteiger partial charge in [-0.1, -0.05) is 35.9 Å². The van der Waals surface area contributed by atoms with Gasteiger partial charge in [0, 0.05) is 5.02 Å². The molecule has 0 saturated heterocycles. The second-order valence-corrected chi connectivity index (χ2v) is 7.57. The van der Waals surface area contributed by atoms with Gasteiger partial charge in [-0.3, -0.25) is 4.72 Å². The van der Waals surface area contributed by atoms with E-state index in [2.05, 4.69) is 4.72 Å². The van der Waals surface area contributed by atoms with Gasteiger partial charge in [-0.25, -0.2) is 8.42 Å². The highest BCUT2D eigenvalue weighted by Crippen LogP contribution is 2.26. The van der Waals surface area contributed by atoms with Crippen LogP contribution in [-0.4, -0.2) is 8.42 Å². The lowest BCUT2D eigenvalue weighted by Gasteiger charge is -2.11. The summed E-state index contributed by atoms with van der Waals surface area (Å²) in [5.74, 6) is 1.30. The fourth-order valence-corrected chi connectivity index (χ4v) is 3.49. The first-order valence-corrected chi connectivity index (χ1v) is 9.42. The molecule has 0 aliphatic rings. The summed E-state index contributed by atoms with van der Waals surface area (Å²) >= 11 is 5.88. The molecule has 0 heterocycles. The normalized spacial score (nSPS) is 11.1. The average molecular weight is 374 g/mol. The Labute approximate surface area is 152 Å². The number of rotatable bonds is 5. The van der Waals surface area contributed by atoms with Crippen molar-refractivity contribution in [2.45, 2.75) is 11.8 Å². The van der Waals surface area contributed by atoms with Crippen LogP contribution in [0.1, 0.15) is 5.56 Å². The van der Waals surface area contributed by atoms with Crippen LogP contribution in [0.2, 0.25) is 5.02 Å². The van der Waals surface area contributed by atoms with E-state index in [9.17, 15) is 8.42 Å². The number of halogens is 1. The van der Waals surface area contributed by atoms with Gasteiger partial charge >= 0.3 is 0 Å². The maximum Gasteiger partial charge on any atom is 0.261 e. The molecular formula is C19H16ClNO3S. The molecule has 0 bridgehead atoms. The smallest absolute Gasteiger partial charge is 0.261 e. The van der Waals surface area contributed by atoms with E-state index in [0.717, 1.165) is 11.3 Å². The minimum Gasteiger partial charge on any atom is -0.457 e. The SMILES string of the molecule is Cc1ccccc1Oc1ccc(S(=O)(=O)Nc2cccc(Cl)c2)cc1. The van der Waals surface area contributed by atoms with Crippen LogP contribution in [0.5, 0.6) is 11.5 Å². The molecule has 0 radical (unpaired) electrons. The molecule has 0 aromatic heterocycles. The Kier molecular flexibility index (Phi) is 4.97. The van der Waals surface area contributed by atoms with Crippen molar-refractivity contribution in [3.8, 4) is 11.5 Å². The number of nitrogens with one attached hydrogen (secondary N) is 1. The standard InChI is InChI=1S/C19H16ClNO3S/c1-14-5-2-3-8-19(14)24-17-9-11-18(12-10-17)25(22,23)21-16-7-4-6-15(20)13-16/h2-13,21H,1H3. The number of benzene rings is 3. The molecule has 6 heteroatoms. The van der Waals surface area contributed by atoms with Crippen molar-refractivity contribution in [2.24, 2.45) is 0 Å². The third kappa shape index (κ3) is 4.32. The number of hydrogen-bond donors (Lipinski definition) is 1. The van der Waals surface area contributed by atoms with Crippen LogP contribution in [0.25, 0.3) is 0 Å². The van der Waals surface area contributed by atoms with Crippen molar-refractivity contribution in [1.29, 1.82) is 0 Å². The van der Waals surface area contributed by atoms with Gasteiger partial charge in [-0.2, -0.15) is 0 Å². The van der Waals surface area contributed by atoms with E-state index in [0.29, 0.717) is 16.5 Å². The molecule has 0 aliphatic carbocycles. The summed E-state index contributed by atoms with van der Waals surface area (Å²) < 4.78 is 33.2. The Morgan fingerprint density at radius 1 is 0.920 bits per heavy atom. The zero-order valence-corrected chi connectivity index (χ0v) is 15.0. The summed E-state index contributed by atoms with van der Waals surface area (Å²) in [5, 5.41) is 0.460. The van der Waals surface area contributed by atoms with Crippen molar-refractivity contribution >= 4 is 27.3 Å². The topological polar surface area (TPSA) is 55.4 Å². The van der Waals surface area contributed by atoms with Gasteiger partial charge in [0.15, 0.2) is 0 Å². The predicted octanol–water partition coefficient (Wildman–Crippen LogP) is 5.24. The Hall–Kier alpha value is -2.50. The monoisotopic (exact) mass is 373 g/mol. The van der Waals surface area contributed by atoms with Crippen LogP contribution in [0.15, 0.2) is 77.7 Å². The van der Waals surface area contributed by atoms with E-state index in [-0.39, 0.29) is 4.90 Å². The molecular weight excluding hydrogens is 358 g/mol. The van der Waals surface area contributed by atoms with Gasteiger partial charge in [-0.05, 0) is 61.0 Å². The lowest BCUT2D eigenvalue weighted by Crippen LogP contribution is -2.12. The molecule has 1 N–H and O–H groups in total. The second-order valence-electron chi connectivity index (χ2n) is 5.45. The largest absolute Gasteiger partial charge is 0.457 e. The number of hydrogen-bond acceptors (Lipinski definition) is 3. The fourth-order valence-electron chi connectivity index (χ4n) is 2.25. The van der Waals surface area contributed by atoms with Gasteiger partial charge in [0.05, 0.1) is 10.6 Å². The van der Waals surface area contributed by atoms with Crippen LogP contribution in [0.3, 0.4) is 0 Å². The Balaban J connectivity index is 1.78. The second kappa shape index (κ2) is 7.17. The molecule has 128 valence electrons. The van der Waals surface area contributed by atoms with Crippen molar-refractivity contribution in [3.63, 3.8) is 0 Å². The van der Waals surface area contributed by atoms with Crippen LogP contribution in [0, 0.1) is 6.92 Å². The quantitative estimate of drug-likeness (QED) is 0.665. The molecule has 3 rings (SSSR count). The highest BCUT2D eigenvalue weighted by molar-refractivity contribution is 7.92. The number of para-hydroxylation sites is 1. The van der Waals surface area contributed by atoms with Gasteiger partial charge in [-0.15, -0.1) is 0 Å². The fraction of sp³-hybridized carbons (Fsp3) is 0.0526. The highest BCUT2D eigenvalue weighted by atomic mass is 35.5. The minimum atomic E-state index is -3.69. The number of sulfonamides is 1. The summed E-state index contributed by atoms with van der Waals surface area (Å²) in [7, 11) is -3.69. The maximum absolute atomic E-state index is 12.4. The average Bonchev–Trinajstić information content (AvgIpc) is 2.57. The van der Waals surface area contributed by atoms with E-state index < -0.39 is 10.0 Å². The van der Waals surface area contributed by atoms with Gasteiger partial charge < -0.3 is 4.74 Å². The molecule has 3 aromatic rings. The zero-order chi connectivity index (χ0) is 17.9. The lowest BCUT2D eigenvalue weighted by atomic mass is 10.2. The minimum absolute atomic E-state index is 0.143. The van der Waals surface area contributed by atoms with Crippen molar-refractivity contribution in [2.75, 3.05) is 4.72 Å². The van der Waals surface area contributed by atoms with Crippen molar-refractivity contribution in [1.82, 2.24) is 0 Å². The molecule has 3 aromatic carbocycles. The van der Waals surface area contributed by atoms with Crippen molar-refractivity contribution in [3.05, 3.63) is 83.4 Å². The molecule has 25 heavy (non-hydrogen) atoms. The first-order chi connectivity index (χ1) is 11.9. The van der Waals surface area contributed by atoms with Crippen LogP contribution >= 0.6 is 11.6 Å².